The summed E-state index contributed by atoms with van der Waals surface area (Å²) in [6, 6.07) is 1.79. The summed E-state index contributed by atoms with van der Waals surface area (Å²) in [5.74, 6) is 1.08. The molecule has 1 fully saturated rings. The van der Waals surface area contributed by atoms with Gasteiger partial charge in [0.15, 0.2) is 0 Å². The highest BCUT2D eigenvalue weighted by Gasteiger charge is 2.32. The number of hydrogen-bond acceptors (Lipinski definition) is 4. The highest BCUT2D eigenvalue weighted by atomic mass is 16.2. The van der Waals surface area contributed by atoms with Gasteiger partial charge < -0.3 is 14.8 Å². The van der Waals surface area contributed by atoms with Crippen LogP contribution in [0.15, 0.2) is 30.9 Å². The van der Waals surface area contributed by atoms with Gasteiger partial charge in [0, 0.05) is 43.8 Å². The number of hydrogen-bond donors (Lipinski definition) is 1. The fraction of sp³-hybridized carbons (Fsp3) is 0.444. The van der Waals surface area contributed by atoms with Crippen molar-refractivity contribution in [2.45, 2.75) is 39.3 Å². The summed E-state index contributed by atoms with van der Waals surface area (Å²) < 4.78 is 1.89. The van der Waals surface area contributed by atoms with Gasteiger partial charge in [0.1, 0.15) is 12.4 Å². The number of carbonyl (C=O) groups excluding carboxylic acids is 2. The molecular formula is C18H23N5O2. The van der Waals surface area contributed by atoms with E-state index in [9.17, 15) is 9.59 Å². The molecule has 0 radical (unpaired) electrons. The summed E-state index contributed by atoms with van der Waals surface area (Å²) in [6.45, 7) is 7.37. The molecular weight excluding hydrogens is 318 g/mol. The minimum Gasteiger partial charge on any atom is -0.346 e. The lowest BCUT2D eigenvalue weighted by Gasteiger charge is -2.39. The molecule has 25 heavy (non-hydrogen) atoms. The molecule has 1 saturated heterocycles. The molecule has 2 aromatic rings. The van der Waals surface area contributed by atoms with E-state index < -0.39 is 0 Å². The summed E-state index contributed by atoms with van der Waals surface area (Å²) in [5.41, 5.74) is 1.49. The van der Waals surface area contributed by atoms with Gasteiger partial charge in [-0.2, -0.15) is 0 Å². The van der Waals surface area contributed by atoms with Crippen molar-refractivity contribution in [2.75, 3.05) is 13.1 Å². The summed E-state index contributed by atoms with van der Waals surface area (Å²) in [7, 11) is 0. The SMILES string of the molecule is Cc1cncc(C(=O)NC2CN(C(=O)Cn3ccnc3C(C)C)C2)c1. The molecule has 132 valence electrons. The first-order chi connectivity index (χ1) is 11.9. The Hall–Kier alpha value is -2.70. The second-order valence-electron chi connectivity index (χ2n) is 6.79. The number of imidazole rings is 1. The molecule has 2 amide bonds. The first-order valence-electron chi connectivity index (χ1n) is 8.45. The third-order valence-corrected chi connectivity index (χ3v) is 4.28. The number of aryl methyl sites for hydroxylation is 1. The average molecular weight is 341 g/mol. The predicted molar refractivity (Wildman–Crippen MR) is 93.1 cm³/mol. The van der Waals surface area contributed by atoms with Crippen LogP contribution in [-0.2, 0) is 11.3 Å². The summed E-state index contributed by atoms with van der Waals surface area (Å²) in [5, 5.41) is 2.94. The summed E-state index contributed by atoms with van der Waals surface area (Å²) in [4.78, 5) is 34.6. The number of nitrogens with zero attached hydrogens (tertiary/aromatic N) is 4. The van der Waals surface area contributed by atoms with Gasteiger partial charge in [-0.25, -0.2) is 4.98 Å². The Balaban J connectivity index is 1.49. The van der Waals surface area contributed by atoms with E-state index in [-0.39, 0.29) is 30.3 Å². The Morgan fingerprint density at radius 3 is 2.76 bits per heavy atom. The quantitative estimate of drug-likeness (QED) is 0.890. The lowest BCUT2D eigenvalue weighted by Crippen LogP contribution is -2.61. The van der Waals surface area contributed by atoms with Crippen molar-refractivity contribution in [2.24, 2.45) is 0 Å². The largest absolute Gasteiger partial charge is 0.346 e. The van der Waals surface area contributed by atoms with Gasteiger partial charge in [-0.1, -0.05) is 13.8 Å². The van der Waals surface area contributed by atoms with Crippen LogP contribution < -0.4 is 5.32 Å². The van der Waals surface area contributed by atoms with Gasteiger partial charge >= 0.3 is 0 Å². The summed E-state index contributed by atoms with van der Waals surface area (Å²) in [6.07, 6.45) is 6.81. The fourth-order valence-corrected chi connectivity index (χ4v) is 2.92. The molecule has 7 nitrogen and oxygen atoms in total. The molecule has 3 heterocycles. The Morgan fingerprint density at radius 1 is 1.32 bits per heavy atom. The van der Waals surface area contributed by atoms with Crippen molar-refractivity contribution < 1.29 is 9.59 Å². The van der Waals surface area contributed by atoms with E-state index >= 15 is 0 Å². The number of amides is 2. The molecule has 0 bridgehead atoms. The van der Waals surface area contributed by atoms with Crippen molar-refractivity contribution in [3.63, 3.8) is 0 Å². The maximum absolute atomic E-state index is 12.4. The maximum atomic E-state index is 12.4. The molecule has 3 rings (SSSR count). The smallest absolute Gasteiger partial charge is 0.253 e. The Bertz CT molecular complexity index is 777. The molecule has 1 N–H and O–H groups in total. The van der Waals surface area contributed by atoms with Crippen molar-refractivity contribution in [1.29, 1.82) is 0 Å². The Kier molecular flexibility index (Phi) is 4.83. The van der Waals surface area contributed by atoms with E-state index in [1.165, 1.54) is 0 Å². The number of likely N-dealkylation sites (tertiary alicyclic amines) is 1. The van der Waals surface area contributed by atoms with Crippen LogP contribution in [0.1, 0.15) is 41.5 Å². The molecule has 1 aliphatic rings. The molecule has 0 aromatic carbocycles. The molecule has 0 spiro atoms. The van der Waals surface area contributed by atoms with Crippen molar-refractivity contribution in [3.05, 3.63) is 47.8 Å². The van der Waals surface area contributed by atoms with Crippen LogP contribution in [-0.4, -0.2) is 50.4 Å². The van der Waals surface area contributed by atoms with Crippen LogP contribution in [0.5, 0.6) is 0 Å². The molecule has 0 atom stereocenters. The molecule has 0 aliphatic carbocycles. The van der Waals surface area contributed by atoms with Crippen molar-refractivity contribution in [1.82, 2.24) is 24.8 Å². The Labute approximate surface area is 147 Å². The zero-order chi connectivity index (χ0) is 18.0. The topological polar surface area (TPSA) is 80.1 Å². The third kappa shape index (κ3) is 3.87. The lowest BCUT2D eigenvalue weighted by atomic mass is 10.1. The number of rotatable bonds is 5. The molecule has 1 aliphatic heterocycles. The number of carbonyl (C=O) groups is 2. The maximum Gasteiger partial charge on any atom is 0.253 e. The van der Waals surface area contributed by atoms with Crippen molar-refractivity contribution >= 4 is 11.8 Å². The zero-order valence-corrected chi connectivity index (χ0v) is 14.8. The van der Waals surface area contributed by atoms with Gasteiger partial charge in [-0.3, -0.25) is 14.6 Å². The van der Waals surface area contributed by atoms with E-state index in [4.69, 9.17) is 0 Å². The van der Waals surface area contributed by atoms with E-state index in [1.54, 1.807) is 29.6 Å². The van der Waals surface area contributed by atoms with Crippen LogP contribution in [0.25, 0.3) is 0 Å². The minimum absolute atomic E-state index is 0.00989. The predicted octanol–water partition coefficient (Wildman–Crippen LogP) is 1.35. The standard InChI is InChI=1S/C18H23N5O2/c1-12(2)17-20-4-5-22(17)11-16(24)23-9-15(10-23)21-18(25)14-6-13(3)7-19-8-14/h4-8,12,15H,9-11H2,1-3H3,(H,21,25). The number of aromatic nitrogens is 3. The van der Waals surface area contributed by atoms with E-state index in [1.807, 2.05) is 17.7 Å². The van der Waals surface area contributed by atoms with Gasteiger partial charge in [0.25, 0.3) is 5.91 Å². The first kappa shape index (κ1) is 17.1. The third-order valence-electron chi connectivity index (χ3n) is 4.28. The van der Waals surface area contributed by atoms with Gasteiger partial charge in [-0.15, -0.1) is 0 Å². The normalized spacial score (nSPS) is 14.5. The number of pyridine rings is 1. The second-order valence-corrected chi connectivity index (χ2v) is 6.79. The Morgan fingerprint density at radius 2 is 2.08 bits per heavy atom. The van der Waals surface area contributed by atoms with E-state index in [0.717, 1.165) is 11.4 Å². The highest BCUT2D eigenvalue weighted by molar-refractivity contribution is 5.94. The van der Waals surface area contributed by atoms with Gasteiger partial charge in [0.2, 0.25) is 5.91 Å². The average Bonchev–Trinajstić information content (AvgIpc) is 2.98. The lowest BCUT2D eigenvalue weighted by molar-refractivity contribution is -0.136. The van der Waals surface area contributed by atoms with Crippen LogP contribution >= 0.6 is 0 Å². The molecule has 7 heteroatoms. The molecule has 0 saturated carbocycles. The minimum atomic E-state index is -0.148. The monoisotopic (exact) mass is 341 g/mol. The van der Waals surface area contributed by atoms with Crippen LogP contribution in [0, 0.1) is 6.92 Å². The second kappa shape index (κ2) is 7.04. The zero-order valence-electron chi connectivity index (χ0n) is 14.8. The number of nitrogens with one attached hydrogen (secondary N) is 1. The summed E-state index contributed by atoms with van der Waals surface area (Å²) >= 11 is 0. The van der Waals surface area contributed by atoms with Crippen LogP contribution in [0.4, 0.5) is 0 Å². The molecule has 0 unspecified atom stereocenters. The first-order valence-corrected chi connectivity index (χ1v) is 8.45. The van der Waals surface area contributed by atoms with Crippen LogP contribution in [0.2, 0.25) is 0 Å². The highest BCUT2D eigenvalue weighted by Crippen LogP contribution is 2.14. The van der Waals surface area contributed by atoms with Gasteiger partial charge in [0.05, 0.1) is 11.6 Å². The van der Waals surface area contributed by atoms with Gasteiger partial charge in [-0.05, 0) is 18.6 Å². The van der Waals surface area contributed by atoms with Crippen molar-refractivity contribution in [3.8, 4) is 0 Å². The van der Waals surface area contributed by atoms with E-state index in [2.05, 4.69) is 29.1 Å². The molecule has 2 aromatic heterocycles. The van der Waals surface area contributed by atoms with Crippen LogP contribution in [0.3, 0.4) is 0 Å². The fourth-order valence-electron chi connectivity index (χ4n) is 2.92. The van der Waals surface area contributed by atoms with E-state index in [0.29, 0.717) is 18.7 Å².